The number of amidine groups is 1. The van der Waals surface area contributed by atoms with E-state index >= 15 is 0 Å². The van der Waals surface area contributed by atoms with E-state index in [2.05, 4.69) is 9.98 Å². The van der Waals surface area contributed by atoms with Gasteiger partial charge in [-0.3, -0.25) is 0 Å². The normalized spacial score (nSPS) is 11.7. The van der Waals surface area contributed by atoms with Crippen LogP contribution in [0.1, 0.15) is 5.56 Å². The van der Waals surface area contributed by atoms with Crippen LogP contribution in [0.2, 0.25) is 0 Å². The van der Waals surface area contributed by atoms with Crippen molar-refractivity contribution >= 4 is 23.8 Å². The topological polar surface area (TPSA) is 67.1 Å². The van der Waals surface area contributed by atoms with Crippen molar-refractivity contribution in [3.63, 3.8) is 0 Å². The summed E-state index contributed by atoms with van der Waals surface area (Å²) in [5.74, 6) is 1.48. The number of hydrogen-bond acceptors (Lipinski definition) is 1. The molecular weight excluding hydrogens is 330 g/mol. The summed E-state index contributed by atoms with van der Waals surface area (Å²) in [5.41, 5.74) is 0.834. The molecule has 1 aromatic rings. The van der Waals surface area contributed by atoms with E-state index in [4.69, 9.17) is 4.99 Å². The number of carbonyl (C=O) groups is 1. The van der Waals surface area contributed by atoms with Gasteiger partial charge in [-0.2, -0.15) is 15.0 Å². The van der Waals surface area contributed by atoms with Crippen LogP contribution in [-0.4, -0.2) is 99.8 Å². The monoisotopic (exact) mass is 359 g/mol. The van der Waals surface area contributed by atoms with E-state index in [-0.39, 0.29) is 12.0 Å². The first kappa shape index (κ1) is 21.1. The van der Waals surface area contributed by atoms with Crippen LogP contribution < -0.4 is 0 Å². The molecule has 0 bridgehead atoms. The van der Waals surface area contributed by atoms with Crippen molar-refractivity contribution < 1.29 is 4.79 Å². The number of guanidine groups is 2. The molecule has 0 N–H and O–H groups in total. The predicted molar refractivity (Wildman–Crippen MR) is 108 cm³/mol. The van der Waals surface area contributed by atoms with Gasteiger partial charge in [-0.1, -0.05) is 30.3 Å². The smallest absolute Gasteiger partial charge is 0.346 e. The fraction of sp³-hybridized carbons (Fsp3) is 0.444. The number of rotatable bonds is 1. The van der Waals surface area contributed by atoms with Crippen LogP contribution in [0.3, 0.4) is 0 Å². The van der Waals surface area contributed by atoms with Gasteiger partial charge in [0.25, 0.3) is 0 Å². The van der Waals surface area contributed by atoms with Crippen molar-refractivity contribution in [2.75, 3.05) is 56.4 Å². The molecule has 0 heterocycles. The first-order valence-corrected chi connectivity index (χ1v) is 8.18. The van der Waals surface area contributed by atoms with Crippen LogP contribution in [0.15, 0.2) is 45.3 Å². The second kappa shape index (κ2) is 9.55. The van der Waals surface area contributed by atoms with Crippen molar-refractivity contribution in [3.05, 3.63) is 35.9 Å². The molecule has 26 heavy (non-hydrogen) atoms. The van der Waals surface area contributed by atoms with Crippen molar-refractivity contribution in [2.45, 2.75) is 0 Å². The second-order valence-corrected chi connectivity index (χ2v) is 6.49. The molecule has 142 valence electrons. The van der Waals surface area contributed by atoms with E-state index in [0.29, 0.717) is 5.84 Å². The lowest BCUT2D eigenvalue weighted by atomic mass is 10.2. The molecule has 2 amide bonds. The number of hydrogen-bond donors (Lipinski definition) is 0. The Labute approximate surface area is 156 Å². The summed E-state index contributed by atoms with van der Waals surface area (Å²) < 4.78 is 0. The molecule has 0 aliphatic heterocycles. The molecular formula is C18H29N7O. The fourth-order valence-electron chi connectivity index (χ4n) is 1.94. The van der Waals surface area contributed by atoms with Crippen LogP contribution in [0, 0.1) is 0 Å². The number of benzene rings is 1. The predicted octanol–water partition coefficient (Wildman–Crippen LogP) is 1.51. The molecule has 8 heteroatoms. The first-order valence-electron chi connectivity index (χ1n) is 8.18. The Morgan fingerprint density at radius 3 is 1.65 bits per heavy atom. The van der Waals surface area contributed by atoms with Crippen molar-refractivity contribution in [1.29, 1.82) is 0 Å². The third-order valence-corrected chi connectivity index (χ3v) is 3.22. The minimum atomic E-state index is -0.380. The molecule has 0 atom stereocenters. The maximum Gasteiger partial charge on any atom is 0.346 e. The molecule has 0 aromatic heterocycles. The van der Waals surface area contributed by atoms with Crippen LogP contribution in [-0.2, 0) is 0 Å². The van der Waals surface area contributed by atoms with Gasteiger partial charge in [0.2, 0.25) is 11.9 Å². The quantitative estimate of drug-likeness (QED) is 0.563. The molecule has 1 rings (SSSR count). The summed E-state index contributed by atoms with van der Waals surface area (Å²) in [6.45, 7) is 0. The Hall–Kier alpha value is -2.90. The van der Waals surface area contributed by atoms with Gasteiger partial charge in [0.1, 0.15) is 0 Å². The highest BCUT2D eigenvalue weighted by Gasteiger charge is 2.13. The van der Waals surface area contributed by atoms with Gasteiger partial charge in [-0.25, -0.2) is 4.79 Å². The number of carbonyl (C=O) groups excluding carboxylic acids is 1. The number of nitrogens with zero attached hydrogens (tertiary/aromatic N) is 7. The van der Waals surface area contributed by atoms with Gasteiger partial charge in [0.15, 0.2) is 5.84 Å². The van der Waals surface area contributed by atoms with Crippen LogP contribution in [0.4, 0.5) is 4.79 Å². The largest absolute Gasteiger partial charge is 0.349 e. The highest BCUT2D eigenvalue weighted by molar-refractivity contribution is 6.11. The van der Waals surface area contributed by atoms with E-state index in [9.17, 15) is 4.79 Å². The molecule has 0 fully saturated rings. The summed E-state index contributed by atoms with van der Waals surface area (Å²) in [7, 11) is 14.5. The minimum absolute atomic E-state index is 0.281. The Balaban J connectivity index is 3.55. The summed E-state index contributed by atoms with van der Waals surface area (Å²) in [6, 6.07) is 9.24. The lowest BCUT2D eigenvalue weighted by Gasteiger charge is -2.23. The molecule has 8 nitrogen and oxygen atoms in total. The van der Waals surface area contributed by atoms with E-state index in [0.717, 1.165) is 11.5 Å². The summed E-state index contributed by atoms with van der Waals surface area (Å²) in [4.78, 5) is 32.3. The van der Waals surface area contributed by atoms with Gasteiger partial charge in [0, 0.05) is 61.9 Å². The number of urea groups is 1. The van der Waals surface area contributed by atoms with Crippen molar-refractivity contribution in [2.24, 2.45) is 15.0 Å². The Kier molecular flexibility index (Phi) is 7.77. The summed E-state index contributed by atoms with van der Waals surface area (Å²) >= 11 is 0. The van der Waals surface area contributed by atoms with Crippen LogP contribution >= 0.6 is 0 Å². The first-order chi connectivity index (χ1) is 12.1. The number of amides is 2. The molecule has 0 radical (unpaired) electrons. The molecule has 0 saturated heterocycles. The molecule has 0 aliphatic rings. The van der Waals surface area contributed by atoms with Crippen molar-refractivity contribution in [1.82, 2.24) is 19.6 Å². The van der Waals surface area contributed by atoms with E-state index in [1.165, 1.54) is 4.90 Å². The van der Waals surface area contributed by atoms with Gasteiger partial charge in [-0.05, 0) is 0 Å². The standard InChI is InChI=1S/C18H29N7O/c1-22(2)16(21-18(26)25(7)8)19-15(14-12-10-9-11-13-14)20-17(23(3)4)24(5)6/h9-13H,1-8H3/b19-15+,21-16-. The second-order valence-electron chi connectivity index (χ2n) is 6.49. The minimum Gasteiger partial charge on any atom is -0.349 e. The van der Waals surface area contributed by atoms with E-state index in [1.54, 1.807) is 33.1 Å². The molecule has 0 spiro atoms. The highest BCUT2D eigenvalue weighted by atomic mass is 16.2. The average Bonchev–Trinajstić information content (AvgIpc) is 2.56. The maximum absolute atomic E-state index is 12.0. The van der Waals surface area contributed by atoms with Gasteiger partial charge < -0.3 is 19.6 Å². The van der Waals surface area contributed by atoms with Crippen LogP contribution in [0.25, 0.3) is 0 Å². The molecule has 0 saturated carbocycles. The van der Waals surface area contributed by atoms with Gasteiger partial charge >= 0.3 is 6.03 Å². The Morgan fingerprint density at radius 1 is 0.692 bits per heavy atom. The zero-order valence-corrected chi connectivity index (χ0v) is 16.9. The number of aliphatic imine (C=N–C) groups is 3. The van der Waals surface area contributed by atoms with E-state index < -0.39 is 0 Å². The Bertz CT molecular complexity index is 679. The average molecular weight is 359 g/mol. The molecule has 1 aromatic carbocycles. The SMILES string of the molecule is CN(C)C(=O)/N=C(/N=C(/N=C(N(C)C)N(C)C)c1ccccc1)N(C)C. The fourth-order valence-corrected chi connectivity index (χ4v) is 1.94. The zero-order valence-electron chi connectivity index (χ0n) is 16.9. The highest BCUT2D eigenvalue weighted by Crippen LogP contribution is 2.06. The van der Waals surface area contributed by atoms with Crippen molar-refractivity contribution in [3.8, 4) is 0 Å². The summed E-state index contributed by atoms with van der Waals surface area (Å²) in [6.07, 6.45) is 0. The summed E-state index contributed by atoms with van der Waals surface area (Å²) in [5, 5.41) is 0. The third kappa shape index (κ3) is 6.19. The maximum atomic E-state index is 12.0. The Morgan fingerprint density at radius 2 is 1.23 bits per heavy atom. The lowest BCUT2D eigenvalue weighted by Crippen LogP contribution is -2.36. The van der Waals surface area contributed by atoms with E-state index in [1.807, 2.05) is 68.3 Å². The molecule has 0 aliphatic carbocycles. The lowest BCUT2D eigenvalue weighted by molar-refractivity contribution is 0.227. The molecule has 0 unspecified atom stereocenters. The zero-order chi connectivity index (χ0) is 19.9. The van der Waals surface area contributed by atoms with Crippen LogP contribution in [0.5, 0.6) is 0 Å². The van der Waals surface area contributed by atoms with Gasteiger partial charge in [-0.15, -0.1) is 0 Å². The third-order valence-electron chi connectivity index (χ3n) is 3.22. The van der Waals surface area contributed by atoms with Gasteiger partial charge in [0.05, 0.1) is 0 Å².